The fourth-order valence-corrected chi connectivity index (χ4v) is 3.91. The van der Waals surface area contributed by atoms with Gasteiger partial charge in [-0.3, -0.25) is 14.3 Å². The number of anilines is 1. The Labute approximate surface area is 203 Å². The standard InChI is InChI=1S/C13H16N4O2.C12H11ClN2/c1-2-17-11(18)4-3-9-7-14-13(16-12(9)17)15-10-5-6-19-8-10;1-8-3-4-10(13)5-11(8)12-7-14-6-9(2)15-12/h3-4,7,10H,2,5-6,8H2,1H3,(H,14,15,16);3-7H,1-2H3. The van der Waals surface area contributed by atoms with Gasteiger partial charge in [-0.25, -0.2) is 9.97 Å². The molecule has 1 N–H and O–H groups in total. The van der Waals surface area contributed by atoms with Gasteiger partial charge in [-0.15, -0.1) is 0 Å². The highest BCUT2D eigenvalue weighted by Crippen LogP contribution is 2.24. The largest absolute Gasteiger partial charge is 0.379 e. The lowest BCUT2D eigenvalue weighted by Gasteiger charge is -2.12. The predicted molar refractivity (Wildman–Crippen MR) is 134 cm³/mol. The molecule has 4 heterocycles. The van der Waals surface area contributed by atoms with Gasteiger partial charge < -0.3 is 10.1 Å². The second-order valence-corrected chi connectivity index (χ2v) is 8.53. The SMILES string of the molecule is CCn1c(=O)ccc2cnc(NC3CCOC3)nc21.Cc1cncc(-c2cc(Cl)ccc2C)n1. The van der Waals surface area contributed by atoms with Crippen molar-refractivity contribution in [2.45, 2.75) is 39.8 Å². The van der Waals surface area contributed by atoms with Crippen LogP contribution in [0.2, 0.25) is 5.02 Å². The van der Waals surface area contributed by atoms with Gasteiger partial charge in [0.15, 0.2) is 0 Å². The van der Waals surface area contributed by atoms with Gasteiger partial charge in [0.1, 0.15) is 5.65 Å². The van der Waals surface area contributed by atoms with E-state index < -0.39 is 0 Å². The molecule has 9 heteroatoms. The summed E-state index contributed by atoms with van der Waals surface area (Å²) >= 11 is 5.96. The molecule has 1 atom stereocenters. The minimum atomic E-state index is -0.0381. The topological polar surface area (TPSA) is 94.8 Å². The van der Waals surface area contributed by atoms with E-state index in [9.17, 15) is 4.79 Å². The Balaban J connectivity index is 0.000000166. The smallest absolute Gasteiger partial charge is 0.252 e. The van der Waals surface area contributed by atoms with Crippen LogP contribution < -0.4 is 10.9 Å². The quantitative estimate of drug-likeness (QED) is 0.463. The summed E-state index contributed by atoms with van der Waals surface area (Å²) in [6.45, 7) is 7.94. The molecule has 176 valence electrons. The van der Waals surface area contributed by atoms with Crippen LogP contribution in [0.25, 0.3) is 22.3 Å². The molecule has 0 spiro atoms. The maximum Gasteiger partial charge on any atom is 0.252 e. The van der Waals surface area contributed by atoms with E-state index in [1.807, 2.05) is 39.0 Å². The molecule has 0 saturated carbocycles. The number of fused-ring (bicyclic) bond motifs is 1. The van der Waals surface area contributed by atoms with E-state index in [1.54, 1.807) is 35.3 Å². The highest BCUT2D eigenvalue weighted by Gasteiger charge is 2.16. The summed E-state index contributed by atoms with van der Waals surface area (Å²) < 4.78 is 6.95. The molecule has 34 heavy (non-hydrogen) atoms. The van der Waals surface area contributed by atoms with E-state index in [4.69, 9.17) is 16.3 Å². The van der Waals surface area contributed by atoms with E-state index in [1.165, 1.54) is 0 Å². The molecule has 0 radical (unpaired) electrons. The van der Waals surface area contributed by atoms with Crippen LogP contribution in [0.1, 0.15) is 24.6 Å². The third-order valence-corrected chi connectivity index (χ3v) is 5.77. The van der Waals surface area contributed by atoms with Crippen molar-refractivity contribution in [3.05, 3.63) is 75.6 Å². The Morgan fingerprint density at radius 3 is 2.74 bits per heavy atom. The highest BCUT2D eigenvalue weighted by molar-refractivity contribution is 6.30. The molecule has 5 rings (SSSR count). The zero-order valence-corrected chi connectivity index (χ0v) is 20.2. The Morgan fingerprint density at radius 2 is 2.00 bits per heavy atom. The molecule has 1 unspecified atom stereocenters. The third kappa shape index (κ3) is 5.58. The molecular formula is C25H27ClN6O2. The van der Waals surface area contributed by atoms with Gasteiger partial charge in [0, 0.05) is 47.6 Å². The van der Waals surface area contributed by atoms with Crippen LogP contribution in [-0.4, -0.2) is 43.8 Å². The minimum absolute atomic E-state index is 0.0381. The molecule has 1 saturated heterocycles. The molecule has 1 aromatic carbocycles. The average molecular weight is 479 g/mol. The number of nitrogens with zero attached hydrogens (tertiary/aromatic N) is 5. The fraction of sp³-hybridized carbons (Fsp3) is 0.320. The molecule has 0 aliphatic carbocycles. The first-order chi connectivity index (χ1) is 16.4. The van der Waals surface area contributed by atoms with E-state index in [0.717, 1.165) is 46.0 Å². The second-order valence-electron chi connectivity index (χ2n) is 8.10. The van der Waals surface area contributed by atoms with Crippen LogP contribution in [0, 0.1) is 13.8 Å². The number of aromatic nitrogens is 5. The molecule has 4 aromatic rings. The van der Waals surface area contributed by atoms with Crippen molar-refractivity contribution in [3.63, 3.8) is 0 Å². The van der Waals surface area contributed by atoms with E-state index in [2.05, 4.69) is 25.3 Å². The van der Waals surface area contributed by atoms with E-state index >= 15 is 0 Å². The van der Waals surface area contributed by atoms with Gasteiger partial charge >= 0.3 is 0 Å². The van der Waals surface area contributed by atoms with Crippen molar-refractivity contribution in [2.24, 2.45) is 0 Å². The maximum atomic E-state index is 11.8. The number of rotatable bonds is 4. The first-order valence-electron chi connectivity index (χ1n) is 11.2. The number of hydrogen-bond acceptors (Lipinski definition) is 7. The summed E-state index contributed by atoms with van der Waals surface area (Å²) in [6.07, 6.45) is 6.19. The van der Waals surface area contributed by atoms with Crippen molar-refractivity contribution in [2.75, 3.05) is 18.5 Å². The summed E-state index contributed by atoms with van der Waals surface area (Å²) in [4.78, 5) is 29.1. The minimum Gasteiger partial charge on any atom is -0.379 e. The monoisotopic (exact) mass is 478 g/mol. The van der Waals surface area contributed by atoms with Crippen LogP contribution in [0.5, 0.6) is 0 Å². The lowest BCUT2D eigenvalue weighted by molar-refractivity contribution is 0.195. The van der Waals surface area contributed by atoms with Crippen molar-refractivity contribution in [1.29, 1.82) is 0 Å². The van der Waals surface area contributed by atoms with Crippen molar-refractivity contribution >= 4 is 28.6 Å². The van der Waals surface area contributed by atoms with Crippen LogP contribution in [-0.2, 0) is 11.3 Å². The zero-order valence-electron chi connectivity index (χ0n) is 19.5. The van der Waals surface area contributed by atoms with Gasteiger partial charge in [-0.05, 0) is 51.0 Å². The van der Waals surface area contributed by atoms with Crippen LogP contribution in [0.15, 0.2) is 53.7 Å². The van der Waals surface area contributed by atoms with E-state index in [0.29, 0.717) is 24.7 Å². The first kappa shape index (κ1) is 23.8. The first-order valence-corrected chi connectivity index (χ1v) is 11.6. The molecule has 3 aromatic heterocycles. The van der Waals surface area contributed by atoms with Gasteiger partial charge in [0.2, 0.25) is 5.95 Å². The molecule has 1 aliphatic heterocycles. The van der Waals surface area contributed by atoms with Crippen molar-refractivity contribution < 1.29 is 4.74 Å². The van der Waals surface area contributed by atoms with Crippen molar-refractivity contribution in [3.8, 4) is 11.3 Å². The summed E-state index contributed by atoms with van der Waals surface area (Å²) in [5.41, 5.74) is 4.61. The molecule has 8 nitrogen and oxygen atoms in total. The Bertz CT molecular complexity index is 1350. The number of nitrogens with one attached hydrogen (secondary N) is 1. The lowest BCUT2D eigenvalue weighted by Crippen LogP contribution is -2.22. The molecule has 1 aliphatic rings. The van der Waals surface area contributed by atoms with E-state index in [-0.39, 0.29) is 11.6 Å². The molecule has 1 fully saturated rings. The summed E-state index contributed by atoms with van der Waals surface area (Å²) in [5.74, 6) is 0.552. The van der Waals surface area contributed by atoms with Crippen LogP contribution in [0.4, 0.5) is 5.95 Å². The molecule has 0 amide bonds. The number of aryl methyl sites for hydroxylation is 3. The predicted octanol–water partition coefficient (Wildman–Crippen LogP) is 4.43. The maximum absolute atomic E-state index is 11.8. The Morgan fingerprint density at radius 1 is 1.15 bits per heavy atom. The van der Waals surface area contributed by atoms with Gasteiger partial charge in [-0.2, -0.15) is 4.98 Å². The average Bonchev–Trinajstić information content (AvgIpc) is 3.34. The molecular weight excluding hydrogens is 452 g/mol. The van der Waals surface area contributed by atoms with Gasteiger partial charge in [0.05, 0.1) is 30.2 Å². The van der Waals surface area contributed by atoms with Crippen molar-refractivity contribution in [1.82, 2.24) is 24.5 Å². The highest BCUT2D eigenvalue weighted by atomic mass is 35.5. The number of halogens is 1. The number of ether oxygens (including phenoxy) is 1. The Hall–Kier alpha value is -3.36. The normalized spacial score (nSPS) is 15.1. The summed E-state index contributed by atoms with van der Waals surface area (Å²) in [7, 11) is 0. The second kappa shape index (κ2) is 10.7. The fourth-order valence-electron chi connectivity index (χ4n) is 3.74. The number of benzene rings is 1. The molecule has 0 bridgehead atoms. The van der Waals surface area contributed by atoms with Crippen LogP contribution in [0.3, 0.4) is 0 Å². The Kier molecular flexibility index (Phi) is 7.49. The summed E-state index contributed by atoms with van der Waals surface area (Å²) in [5, 5.41) is 4.83. The van der Waals surface area contributed by atoms with Gasteiger partial charge in [0.25, 0.3) is 5.56 Å². The number of hydrogen-bond donors (Lipinski definition) is 1. The van der Waals surface area contributed by atoms with Crippen LogP contribution >= 0.6 is 11.6 Å². The lowest BCUT2D eigenvalue weighted by atomic mass is 10.1. The third-order valence-electron chi connectivity index (χ3n) is 5.53. The zero-order chi connectivity index (χ0) is 24.1. The van der Waals surface area contributed by atoms with Gasteiger partial charge in [-0.1, -0.05) is 17.7 Å². The summed E-state index contributed by atoms with van der Waals surface area (Å²) in [6, 6.07) is 9.34. The number of pyridine rings is 1.